The lowest BCUT2D eigenvalue weighted by Crippen LogP contribution is -2.27. The fraction of sp³-hybridized carbons (Fsp3) is 0.321. The Morgan fingerprint density at radius 3 is 2.42 bits per heavy atom. The summed E-state index contributed by atoms with van der Waals surface area (Å²) in [5.41, 5.74) is 3.47. The first-order valence-electron chi connectivity index (χ1n) is 11.9. The molecule has 188 valence electrons. The Balaban J connectivity index is 1.51. The number of imidazole rings is 1. The van der Waals surface area contributed by atoms with E-state index in [0.717, 1.165) is 22.7 Å². The third kappa shape index (κ3) is 6.13. The number of carbonyl (C=O) groups is 1. The van der Waals surface area contributed by atoms with Crippen molar-refractivity contribution in [2.24, 2.45) is 7.05 Å². The van der Waals surface area contributed by atoms with Crippen molar-refractivity contribution in [3.8, 4) is 11.5 Å². The van der Waals surface area contributed by atoms with Crippen LogP contribution in [-0.4, -0.2) is 26.2 Å². The smallest absolute Gasteiger partial charge is 0.413 e. The van der Waals surface area contributed by atoms with Gasteiger partial charge in [0.05, 0.1) is 11.0 Å². The summed E-state index contributed by atoms with van der Waals surface area (Å²) in [6, 6.07) is 17.5. The highest BCUT2D eigenvalue weighted by Crippen LogP contribution is 2.30. The Morgan fingerprint density at radius 2 is 1.69 bits per heavy atom. The van der Waals surface area contributed by atoms with Crippen LogP contribution in [0.15, 0.2) is 60.8 Å². The van der Waals surface area contributed by atoms with Gasteiger partial charge in [-0.05, 0) is 62.1 Å². The number of anilines is 3. The summed E-state index contributed by atoms with van der Waals surface area (Å²) in [6.45, 7) is 12.0. The number of hydrogen-bond donors (Lipinski definition) is 2. The highest BCUT2D eigenvalue weighted by Gasteiger charge is 2.17. The topological polar surface area (TPSA) is 90.3 Å². The second kappa shape index (κ2) is 9.53. The van der Waals surface area contributed by atoms with Gasteiger partial charge < -0.3 is 19.4 Å². The fourth-order valence-electron chi connectivity index (χ4n) is 3.63. The number of benzene rings is 2. The van der Waals surface area contributed by atoms with Gasteiger partial charge in [0.15, 0.2) is 0 Å². The van der Waals surface area contributed by atoms with Crippen LogP contribution in [0.4, 0.5) is 22.2 Å². The summed E-state index contributed by atoms with van der Waals surface area (Å²) in [7, 11) is 1.98. The van der Waals surface area contributed by atoms with Gasteiger partial charge in [-0.15, -0.1) is 0 Å². The Kier molecular flexibility index (Phi) is 6.63. The number of nitrogens with one attached hydrogen (secondary N) is 2. The third-order valence-corrected chi connectivity index (χ3v) is 5.43. The Morgan fingerprint density at radius 1 is 0.944 bits per heavy atom. The molecule has 0 aliphatic carbocycles. The molecule has 2 aromatic heterocycles. The van der Waals surface area contributed by atoms with Gasteiger partial charge >= 0.3 is 6.09 Å². The number of ether oxygens (including phenoxy) is 2. The average Bonchev–Trinajstić information content (AvgIpc) is 3.07. The minimum Gasteiger partial charge on any atom is -0.457 e. The lowest BCUT2D eigenvalue weighted by Gasteiger charge is -2.20. The number of carbonyl (C=O) groups excluding carboxylic acids is 1. The maximum atomic E-state index is 12.0. The summed E-state index contributed by atoms with van der Waals surface area (Å²) in [4.78, 5) is 21.0. The van der Waals surface area contributed by atoms with Crippen LogP contribution < -0.4 is 15.4 Å². The molecule has 1 amide bonds. The van der Waals surface area contributed by atoms with Crippen molar-refractivity contribution in [1.29, 1.82) is 0 Å². The van der Waals surface area contributed by atoms with Crippen LogP contribution in [0.3, 0.4) is 0 Å². The number of hydrogen-bond acceptors (Lipinski definition) is 6. The van der Waals surface area contributed by atoms with E-state index in [1.54, 1.807) is 39.1 Å². The van der Waals surface area contributed by atoms with E-state index >= 15 is 0 Å². The molecule has 2 N–H and O–H groups in total. The molecule has 0 spiro atoms. The molecule has 2 heterocycles. The van der Waals surface area contributed by atoms with Gasteiger partial charge in [0.25, 0.3) is 0 Å². The molecular formula is C28H33N5O3. The lowest BCUT2D eigenvalue weighted by molar-refractivity contribution is 0.0635. The predicted octanol–water partition coefficient (Wildman–Crippen LogP) is 7.15. The zero-order valence-electron chi connectivity index (χ0n) is 21.8. The predicted molar refractivity (Wildman–Crippen MR) is 143 cm³/mol. The molecule has 8 nitrogen and oxygen atoms in total. The van der Waals surface area contributed by atoms with Crippen molar-refractivity contribution in [2.45, 2.75) is 52.6 Å². The first kappa shape index (κ1) is 25.0. The number of aryl methyl sites for hydroxylation is 1. The van der Waals surface area contributed by atoms with Gasteiger partial charge in [-0.25, -0.2) is 14.8 Å². The average molecular weight is 488 g/mol. The lowest BCUT2D eigenvalue weighted by atomic mass is 9.87. The van der Waals surface area contributed by atoms with E-state index in [4.69, 9.17) is 14.5 Å². The van der Waals surface area contributed by atoms with Crippen molar-refractivity contribution >= 4 is 34.6 Å². The molecule has 0 aliphatic heterocycles. The monoisotopic (exact) mass is 487 g/mol. The minimum absolute atomic E-state index is 0.0610. The second-order valence-corrected chi connectivity index (χ2v) is 10.7. The van der Waals surface area contributed by atoms with Crippen LogP contribution in [0.5, 0.6) is 11.5 Å². The van der Waals surface area contributed by atoms with Gasteiger partial charge in [-0.1, -0.05) is 32.9 Å². The molecule has 0 unspecified atom stereocenters. The molecular weight excluding hydrogens is 454 g/mol. The van der Waals surface area contributed by atoms with Crippen LogP contribution in [0.2, 0.25) is 0 Å². The summed E-state index contributed by atoms with van der Waals surface area (Å²) in [5, 5.41) is 6.06. The van der Waals surface area contributed by atoms with Gasteiger partial charge in [0.1, 0.15) is 22.9 Å². The van der Waals surface area contributed by atoms with Gasteiger partial charge in [0, 0.05) is 31.1 Å². The number of amides is 1. The van der Waals surface area contributed by atoms with E-state index in [1.807, 2.05) is 35.9 Å². The van der Waals surface area contributed by atoms with Gasteiger partial charge in [0.2, 0.25) is 5.95 Å². The van der Waals surface area contributed by atoms with Crippen LogP contribution in [0, 0.1) is 0 Å². The van der Waals surface area contributed by atoms with Crippen molar-refractivity contribution in [2.75, 3.05) is 10.6 Å². The number of aromatic nitrogens is 3. The first-order valence-corrected chi connectivity index (χ1v) is 11.9. The number of fused-ring (bicyclic) bond motifs is 1. The van der Waals surface area contributed by atoms with Crippen molar-refractivity contribution < 1.29 is 14.3 Å². The quantitative estimate of drug-likeness (QED) is 0.311. The molecule has 0 saturated heterocycles. The number of rotatable bonds is 5. The Bertz CT molecular complexity index is 1400. The molecule has 0 fully saturated rings. The van der Waals surface area contributed by atoms with Crippen LogP contribution in [-0.2, 0) is 17.2 Å². The summed E-state index contributed by atoms with van der Waals surface area (Å²) >= 11 is 0. The van der Waals surface area contributed by atoms with E-state index in [0.29, 0.717) is 17.3 Å². The normalized spacial score (nSPS) is 11.9. The molecule has 8 heteroatoms. The second-order valence-electron chi connectivity index (χ2n) is 10.7. The van der Waals surface area contributed by atoms with E-state index in [2.05, 4.69) is 54.6 Å². The van der Waals surface area contributed by atoms with Crippen LogP contribution in [0.1, 0.15) is 47.1 Å². The summed E-state index contributed by atoms with van der Waals surface area (Å²) in [5.74, 6) is 2.23. The van der Waals surface area contributed by atoms with Gasteiger partial charge in [-0.2, -0.15) is 0 Å². The van der Waals surface area contributed by atoms with Crippen LogP contribution in [0.25, 0.3) is 11.0 Å². The SMILES string of the molecule is Cn1c(Nc2cccc(C(C)(C)C)c2)nc2cc(Oc3ccnc(NC(=O)OC(C)(C)C)c3)ccc21. The fourth-order valence-corrected chi connectivity index (χ4v) is 3.63. The van der Waals surface area contributed by atoms with E-state index < -0.39 is 11.7 Å². The number of nitrogens with zero attached hydrogens (tertiary/aromatic N) is 3. The van der Waals surface area contributed by atoms with Gasteiger partial charge in [-0.3, -0.25) is 5.32 Å². The molecule has 2 aromatic carbocycles. The van der Waals surface area contributed by atoms with Crippen molar-refractivity contribution in [3.05, 3.63) is 66.4 Å². The zero-order chi connectivity index (χ0) is 26.1. The standard InChI is InChI=1S/C28H33N5O3/c1-27(2,3)18-9-8-10-19(15-18)30-25-31-22-16-20(11-12-23(22)33(25)7)35-21-13-14-29-24(17-21)32-26(34)36-28(4,5)6/h8-17H,1-7H3,(H,30,31)(H,29,32,34). The zero-order valence-corrected chi connectivity index (χ0v) is 21.8. The maximum absolute atomic E-state index is 12.0. The molecule has 0 bridgehead atoms. The molecule has 0 saturated carbocycles. The van der Waals surface area contributed by atoms with E-state index in [-0.39, 0.29) is 5.41 Å². The first-order chi connectivity index (χ1) is 16.9. The molecule has 0 atom stereocenters. The molecule has 0 aliphatic rings. The highest BCUT2D eigenvalue weighted by molar-refractivity contribution is 5.84. The molecule has 36 heavy (non-hydrogen) atoms. The summed E-state index contributed by atoms with van der Waals surface area (Å²) < 4.78 is 13.3. The molecule has 0 radical (unpaired) electrons. The Labute approximate surface area is 211 Å². The maximum Gasteiger partial charge on any atom is 0.413 e. The summed E-state index contributed by atoms with van der Waals surface area (Å²) in [6.07, 6.45) is 0.991. The van der Waals surface area contributed by atoms with Crippen molar-refractivity contribution in [1.82, 2.24) is 14.5 Å². The van der Waals surface area contributed by atoms with Crippen LogP contribution >= 0.6 is 0 Å². The van der Waals surface area contributed by atoms with E-state index in [9.17, 15) is 4.79 Å². The molecule has 4 aromatic rings. The highest BCUT2D eigenvalue weighted by atomic mass is 16.6. The third-order valence-electron chi connectivity index (χ3n) is 5.43. The van der Waals surface area contributed by atoms with E-state index in [1.165, 1.54) is 5.56 Å². The number of pyridine rings is 1. The molecule has 4 rings (SSSR count). The minimum atomic E-state index is -0.598. The Hall–Kier alpha value is -4.07. The van der Waals surface area contributed by atoms with Crippen molar-refractivity contribution in [3.63, 3.8) is 0 Å². The largest absolute Gasteiger partial charge is 0.457 e.